The van der Waals surface area contributed by atoms with Crippen molar-refractivity contribution in [2.24, 2.45) is 0 Å². The minimum absolute atomic E-state index is 0.0379. The van der Waals surface area contributed by atoms with E-state index >= 15 is 0 Å². The van der Waals surface area contributed by atoms with Crippen LogP contribution in [0.25, 0.3) is 0 Å². The van der Waals surface area contributed by atoms with Gasteiger partial charge in [0, 0.05) is 12.7 Å². The summed E-state index contributed by atoms with van der Waals surface area (Å²) in [6.45, 7) is 1.94. The van der Waals surface area contributed by atoms with Gasteiger partial charge in [0.2, 0.25) is 11.8 Å². The number of amides is 2. The normalized spacial score (nSPS) is 15.0. The van der Waals surface area contributed by atoms with Crippen LogP contribution in [0.3, 0.4) is 0 Å². The summed E-state index contributed by atoms with van der Waals surface area (Å²) in [6, 6.07) is 13.7. The Morgan fingerprint density at radius 2 is 1.85 bits per heavy atom. The van der Waals surface area contributed by atoms with Gasteiger partial charge in [-0.3, -0.25) is 9.59 Å². The van der Waals surface area contributed by atoms with Crippen molar-refractivity contribution in [3.63, 3.8) is 0 Å². The van der Waals surface area contributed by atoms with Gasteiger partial charge in [-0.1, -0.05) is 36.2 Å². The van der Waals surface area contributed by atoms with Crippen molar-refractivity contribution in [1.82, 2.24) is 4.90 Å². The molecule has 1 aliphatic carbocycles. The van der Waals surface area contributed by atoms with Crippen LogP contribution in [0.15, 0.2) is 48.5 Å². The Morgan fingerprint density at radius 1 is 1.15 bits per heavy atom. The number of anilines is 1. The molecule has 2 aromatic carbocycles. The van der Waals surface area contributed by atoms with Gasteiger partial charge in [0.15, 0.2) is 0 Å². The van der Waals surface area contributed by atoms with Gasteiger partial charge in [-0.15, -0.1) is 0 Å². The number of nitrogens with one attached hydrogen (secondary N) is 1. The van der Waals surface area contributed by atoms with Crippen LogP contribution >= 0.6 is 0 Å². The van der Waals surface area contributed by atoms with E-state index in [0.29, 0.717) is 24.1 Å². The zero-order valence-corrected chi connectivity index (χ0v) is 15.1. The highest BCUT2D eigenvalue weighted by Crippen LogP contribution is 2.45. The second-order valence-corrected chi connectivity index (χ2v) is 7.02. The Kier molecular flexibility index (Phi) is 5.07. The standard InChI is InChI=1S/C21H23FN2O2/c1-15-7-9-18(10-8-15)23-19(25)14-24(2)20(26)21(11-4-12-21)16-5-3-6-17(22)13-16/h3,5-10,13H,4,11-12,14H2,1-2H3,(H,23,25). The van der Waals surface area contributed by atoms with Crippen LogP contribution in [0.4, 0.5) is 10.1 Å². The first-order chi connectivity index (χ1) is 12.4. The first-order valence-corrected chi connectivity index (χ1v) is 8.79. The molecule has 0 aromatic heterocycles. The molecule has 2 amide bonds. The predicted octanol–water partition coefficient (Wildman–Crippen LogP) is 3.65. The SMILES string of the molecule is Cc1ccc(NC(=O)CN(C)C(=O)C2(c3cccc(F)c3)CCC2)cc1. The molecule has 5 heteroatoms. The van der Waals surface area contributed by atoms with E-state index in [9.17, 15) is 14.0 Å². The van der Waals surface area contributed by atoms with Crippen molar-refractivity contribution in [3.05, 3.63) is 65.5 Å². The summed E-state index contributed by atoms with van der Waals surface area (Å²) in [5, 5.41) is 2.80. The van der Waals surface area contributed by atoms with E-state index in [0.717, 1.165) is 12.0 Å². The lowest BCUT2D eigenvalue weighted by Crippen LogP contribution is -2.51. The Hall–Kier alpha value is -2.69. The molecule has 1 saturated carbocycles. The van der Waals surface area contributed by atoms with Crippen molar-refractivity contribution < 1.29 is 14.0 Å². The van der Waals surface area contributed by atoms with E-state index in [1.165, 1.54) is 17.0 Å². The number of rotatable bonds is 5. The minimum Gasteiger partial charge on any atom is -0.336 e. The summed E-state index contributed by atoms with van der Waals surface area (Å²) in [5.74, 6) is -0.729. The Labute approximate surface area is 153 Å². The lowest BCUT2D eigenvalue weighted by molar-refractivity contribution is -0.141. The van der Waals surface area contributed by atoms with Crippen LogP contribution in [-0.2, 0) is 15.0 Å². The van der Waals surface area contributed by atoms with Gasteiger partial charge >= 0.3 is 0 Å². The fourth-order valence-electron chi connectivity index (χ4n) is 3.43. The molecule has 0 heterocycles. The highest BCUT2D eigenvalue weighted by atomic mass is 19.1. The van der Waals surface area contributed by atoms with E-state index in [1.807, 2.05) is 31.2 Å². The van der Waals surface area contributed by atoms with Gasteiger partial charge in [-0.05, 0) is 49.6 Å². The lowest BCUT2D eigenvalue weighted by atomic mass is 9.63. The number of likely N-dealkylation sites (N-methyl/N-ethyl adjacent to an activating group) is 1. The zero-order valence-electron chi connectivity index (χ0n) is 15.1. The third-order valence-corrected chi connectivity index (χ3v) is 5.06. The maximum atomic E-state index is 13.6. The smallest absolute Gasteiger partial charge is 0.243 e. The first-order valence-electron chi connectivity index (χ1n) is 8.79. The summed E-state index contributed by atoms with van der Waals surface area (Å²) >= 11 is 0. The molecule has 0 unspecified atom stereocenters. The molecule has 0 atom stereocenters. The minimum atomic E-state index is -0.707. The molecular weight excluding hydrogens is 331 g/mol. The zero-order chi connectivity index (χ0) is 18.7. The number of benzene rings is 2. The van der Waals surface area contributed by atoms with Crippen molar-refractivity contribution in [1.29, 1.82) is 0 Å². The van der Waals surface area contributed by atoms with E-state index in [4.69, 9.17) is 0 Å². The van der Waals surface area contributed by atoms with E-state index < -0.39 is 5.41 Å². The molecule has 0 aliphatic heterocycles. The van der Waals surface area contributed by atoms with Crippen LogP contribution in [0.1, 0.15) is 30.4 Å². The number of hydrogen-bond donors (Lipinski definition) is 1. The number of aryl methyl sites for hydroxylation is 1. The highest BCUT2D eigenvalue weighted by molar-refractivity contribution is 5.97. The highest BCUT2D eigenvalue weighted by Gasteiger charge is 2.47. The number of halogens is 1. The van der Waals surface area contributed by atoms with Gasteiger partial charge < -0.3 is 10.2 Å². The van der Waals surface area contributed by atoms with Crippen molar-refractivity contribution in [2.75, 3.05) is 18.9 Å². The van der Waals surface area contributed by atoms with Crippen LogP contribution in [-0.4, -0.2) is 30.3 Å². The van der Waals surface area contributed by atoms with Crippen molar-refractivity contribution >= 4 is 17.5 Å². The number of carbonyl (C=O) groups is 2. The van der Waals surface area contributed by atoms with E-state index in [1.54, 1.807) is 19.2 Å². The third-order valence-electron chi connectivity index (χ3n) is 5.06. The second kappa shape index (κ2) is 7.28. The Morgan fingerprint density at radius 3 is 2.42 bits per heavy atom. The summed E-state index contributed by atoms with van der Waals surface area (Å²) in [7, 11) is 1.62. The van der Waals surface area contributed by atoms with Gasteiger partial charge in [-0.2, -0.15) is 0 Å². The summed E-state index contributed by atoms with van der Waals surface area (Å²) in [4.78, 5) is 26.7. The van der Waals surface area contributed by atoms with Crippen LogP contribution < -0.4 is 5.32 Å². The van der Waals surface area contributed by atoms with Gasteiger partial charge in [0.1, 0.15) is 5.82 Å². The molecule has 2 aromatic rings. The largest absolute Gasteiger partial charge is 0.336 e. The third kappa shape index (κ3) is 3.62. The maximum absolute atomic E-state index is 13.6. The number of nitrogens with zero attached hydrogens (tertiary/aromatic N) is 1. The molecule has 1 aliphatic rings. The summed E-state index contributed by atoms with van der Waals surface area (Å²) in [6.07, 6.45) is 2.28. The predicted molar refractivity (Wildman–Crippen MR) is 99.4 cm³/mol. The lowest BCUT2D eigenvalue weighted by Gasteiger charge is -2.43. The maximum Gasteiger partial charge on any atom is 0.243 e. The molecule has 3 rings (SSSR count). The summed E-state index contributed by atoms with van der Waals surface area (Å²) in [5.41, 5.74) is 1.79. The molecule has 1 N–H and O–H groups in total. The Bertz CT molecular complexity index is 813. The molecule has 0 bridgehead atoms. The van der Waals surface area contributed by atoms with E-state index in [2.05, 4.69) is 5.32 Å². The number of carbonyl (C=O) groups excluding carboxylic acids is 2. The first kappa shape index (κ1) is 18.1. The Balaban J connectivity index is 1.68. The second-order valence-electron chi connectivity index (χ2n) is 7.02. The molecule has 26 heavy (non-hydrogen) atoms. The molecule has 1 fully saturated rings. The molecule has 0 radical (unpaired) electrons. The van der Waals surface area contributed by atoms with Crippen LogP contribution in [0.5, 0.6) is 0 Å². The van der Waals surface area contributed by atoms with Crippen molar-refractivity contribution in [2.45, 2.75) is 31.6 Å². The van der Waals surface area contributed by atoms with Crippen molar-refractivity contribution in [3.8, 4) is 0 Å². The van der Waals surface area contributed by atoms with Gasteiger partial charge in [0.25, 0.3) is 0 Å². The quantitative estimate of drug-likeness (QED) is 0.891. The fraction of sp³-hybridized carbons (Fsp3) is 0.333. The molecule has 4 nitrogen and oxygen atoms in total. The number of hydrogen-bond acceptors (Lipinski definition) is 2. The molecule has 136 valence electrons. The van der Waals surface area contributed by atoms with Crippen LogP contribution in [0, 0.1) is 12.7 Å². The fourth-order valence-corrected chi connectivity index (χ4v) is 3.43. The molecule has 0 saturated heterocycles. The summed E-state index contributed by atoms with van der Waals surface area (Å²) < 4.78 is 13.6. The van der Waals surface area contributed by atoms with Gasteiger partial charge in [-0.25, -0.2) is 4.39 Å². The van der Waals surface area contributed by atoms with Gasteiger partial charge in [0.05, 0.1) is 12.0 Å². The topological polar surface area (TPSA) is 49.4 Å². The average Bonchev–Trinajstić information content (AvgIpc) is 2.56. The van der Waals surface area contributed by atoms with Crippen LogP contribution in [0.2, 0.25) is 0 Å². The molecule has 0 spiro atoms. The average molecular weight is 354 g/mol. The molecular formula is C21H23FN2O2. The van der Waals surface area contributed by atoms with E-state index in [-0.39, 0.29) is 24.2 Å². The monoisotopic (exact) mass is 354 g/mol.